The molecule has 0 bridgehead atoms. The number of nitriles is 1. The number of hydrogen-bond donors (Lipinski definition) is 2. The average molecular weight is 635 g/mol. The van der Waals surface area contributed by atoms with Gasteiger partial charge < -0.3 is 15.3 Å². The van der Waals surface area contributed by atoms with E-state index in [9.17, 15) is 37.5 Å². The first kappa shape index (κ1) is 32.2. The van der Waals surface area contributed by atoms with Gasteiger partial charge >= 0.3 is 6.18 Å². The first-order valence-electron chi connectivity index (χ1n) is 14.5. The van der Waals surface area contributed by atoms with Gasteiger partial charge in [0.25, 0.3) is 11.8 Å². The Kier molecular flexibility index (Phi) is 9.39. The number of carbonyl (C=O) groups is 2. The molecule has 238 valence electrons. The Balaban J connectivity index is 1.69. The molecule has 2 N–H and O–H groups in total. The number of amides is 2. The Morgan fingerprint density at radius 3 is 2.41 bits per heavy atom. The topological polar surface area (TPSA) is 114 Å². The Morgan fingerprint density at radius 1 is 1.07 bits per heavy atom. The lowest BCUT2D eigenvalue weighted by molar-refractivity contribution is -0.137. The van der Waals surface area contributed by atoms with Crippen LogP contribution in [0.25, 0.3) is 5.69 Å². The molecule has 2 heterocycles. The van der Waals surface area contributed by atoms with Gasteiger partial charge in [0.1, 0.15) is 17.7 Å². The van der Waals surface area contributed by atoms with Crippen molar-refractivity contribution in [3.05, 3.63) is 113 Å². The molecule has 0 radical (unpaired) electrons. The van der Waals surface area contributed by atoms with E-state index in [-0.39, 0.29) is 38.2 Å². The summed E-state index contributed by atoms with van der Waals surface area (Å²) in [6.07, 6.45) is -2.45. The molecule has 4 aromatic rings. The molecule has 1 aromatic heterocycles. The first-order chi connectivity index (χ1) is 22.1. The van der Waals surface area contributed by atoms with Crippen molar-refractivity contribution < 1.29 is 32.3 Å². The minimum absolute atomic E-state index is 0.0920. The summed E-state index contributed by atoms with van der Waals surface area (Å²) in [5.74, 6) is -2.47. The number of alkyl halides is 3. The van der Waals surface area contributed by atoms with Crippen LogP contribution in [-0.4, -0.2) is 63.9 Å². The summed E-state index contributed by atoms with van der Waals surface area (Å²) in [5, 5.41) is 26.5. The number of para-hydroxylation sites is 1. The smallest absolute Gasteiger partial charge is 0.395 e. The normalized spacial score (nSPS) is 16.1. The lowest BCUT2D eigenvalue weighted by atomic mass is 9.80. The lowest BCUT2D eigenvalue weighted by Crippen LogP contribution is -2.55. The number of halogens is 4. The highest BCUT2D eigenvalue weighted by molar-refractivity contribution is 6.05. The van der Waals surface area contributed by atoms with Crippen LogP contribution in [0.1, 0.15) is 45.6 Å². The summed E-state index contributed by atoms with van der Waals surface area (Å²) in [6, 6.07) is 17.0. The second-order valence-corrected chi connectivity index (χ2v) is 10.6. The molecule has 0 fully saturated rings. The zero-order valence-corrected chi connectivity index (χ0v) is 24.7. The number of hydrogen-bond acceptors (Lipinski definition) is 6. The van der Waals surface area contributed by atoms with E-state index >= 15 is 0 Å². The van der Waals surface area contributed by atoms with E-state index in [1.807, 2.05) is 12.3 Å². The summed E-state index contributed by atoms with van der Waals surface area (Å²) in [5.41, 5.74) is 0.807. The van der Waals surface area contributed by atoms with Gasteiger partial charge in [-0.25, -0.2) is 9.07 Å². The van der Waals surface area contributed by atoms with E-state index in [0.717, 1.165) is 18.2 Å². The number of anilines is 1. The van der Waals surface area contributed by atoms with Crippen LogP contribution in [0.5, 0.6) is 0 Å². The van der Waals surface area contributed by atoms with Gasteiger partial charge in [-0.1, -0.05) is 36.4 Å². The molecule has 0 spiro atoms. The number of fused-ring (bicyclic) bond motifs is 1. The van der Waals surface area contributed by atoms with E-state index in [1.54, 1.807) is 35.9 Å². The molecule has 0 aliphatic carbocycles. The second kappa shape index (κ2) is 13.4. The van der Waals surface area contributed by atoms with Crippen molar-refractivity contribution in [1.29, 1.82) is 5.26 Å². The molecular formula is C33H30F4N6O3. The number of nitrogens with zero attached hydrogens (tertiary/aromatic N) is 5. The highest BCUT2D eigenvalue weighted by Crippen LogP contribution is 2.44. The van der Waals surface area contributed by atoms with Gasteiger partial charge in [-0.05, 0) is 55.0 Å². The molecule has 2 amide bonds. The van der Waals surface area contributed by atoms with Gasteiger partial charge in [-0.3, -0.25) is 14.5 Å². The maximum atomic E-state index is 14.3. The van der Waals surface area contributed by atoms with Crippen LogP contribution in [0.3, 0.4) is 0 Å². The molecule has 3 aromatic carbocycles. The molecule has 2 atom stereocenters. The van der Waals surface area contributed by atoms with E-state index in [2.05, 4.69) is 5.32 Å². The van der Waals surface area contributed by atoms with Crippen LogP contribution in [0, 0.1) is 17.3 Å². The van der Waals surface area contributed by atoms with Crippen LogP contribution in [0.15, 0.2) is 78.9 Å². The van der Waals surface area contributed by atoms with Crippen LogP contribution >= 0.6 is 0 Å². The number of benzene rings is 3. The molecule has 0 saturated carbocycles. The zero-order chi connectivity index (χ0) is 33.0. The van der Waals surface area contributed by atoms with Gasteiger partial charge in [0.15, 0.2) is 6.19 Å². The van der Waals surface area contributed by atoms with E-state index < -0.39 is 41.3 Å². The summed E-state index contributed by atoms with van der Waals surface area (Å²) in [4.78, 5) is 30.6. The van der Waals surface area contributed by atoms with Gasteiger partial charge in [-0.15, -0.1) is 0 Å². The number of carbonyl (C=O) groups excluding carboxylic acids is 2. The third-order valence-electron chi connectivity index (χ3n) is 7.82. The predicted octanol–water partition coefficient (Wildman–Crippen LogP) is 4.65. The zero-order valence-electron chi connectivity index (χ0n) is 24.7. The van der Waals surface area contributed by atoms with E-state index in [1.165, 1.54) is 40.1 Å². The van der Waals surface area contributed by atoms with Crippen LogP contribution < -0.4 is 10.2 Å². The summed E-state index contributed by atoms with van der Waals surface area (Å²) < 4.78 is 56.1. The van der Waals surface area contributed by atoms with Gasteiger partial charge in [-0.2, -0.15) is 23.5 Å². The third kappa shape index (κ3) is 6.43. The molecule has 5 rings (SSSR count). The second-order valence-electron chi connectivity index (χ2n) is 10.6. The summed E-state index contributed by atoms with van der Waals surface area (Å²) in [6.45, 7) is 1.92. The quantitative estimate of drug-likeness (QED) is 0.149. The number of likely N-dealkylation sites (N-methyl/N-ethyl adjacent to an activating group) is 1. The molecule has 0 saturated heterocycles. The van der Waals surface area contributed by atoms with Crippen molar-refractivity contribution in [3.63, 3.8) is 0 Å². The number of aliphatic hydroxyl groups is 1. The first-order valence-corrected chi connectivity index (χ1v) is 14.5. The maximum Gasteiger partial charge on any atom is 0.416 e. The summed E-state index contributed by atoms with van der Waals surface area (Å²) in [7, 11) is 0. The SMILES string of the molecule is CCN1C(=O)[C@@H](NC(=O)c2cccc(C(F)(F)F)c2)[C@@H](c2ccc(F)cc2)c2c(CCN(C#N)CCO)nn(-c3ccccc3)c21. The third-order valence-corrected chi connectivity index (χ3v) is 7.82. The van der Waals surface area contributed by atoms with Gasteiger partial charge in [0.2, 0.25) is 0 Å². The van der Waals surface area contributed by atoms with Crippen LogP contribution in [0.2, 0.25) is 0 Å². The molecule has 9 nitrogen and oxygen atoms in total. The highest BCUT2D eigenvalue weighted by atomic mass is 19.4. The lowest BCUT2D eigenvalue weighted by Gasteiger charge is -2.38. The molecule has 0 unspecified atom stereocenters. The van der Waals surface area contributed by atoms with Crippen molar-refractivity contribution in [2.24, 2.45) is 0 Å². The molecule has 13 heteroatoms. The molecule has 1 aliphatic rings. The maximum absolute atomic E-state index is 14.3. The van der Waals surface area contributed by atoms with Gasteiger partial charge in [0, 0.05) is 36.6 Å². The molecular weight excluding hydrogens is 604 g/mol. The fourth-order valence-electron chi connectivity index (χ4n) is 5.67. The number of aliphatic hydroxyl groups excluding tert-OH is 1. The molecule has 46 heavy (non-hydrogen) atoms. The van der Waals surface area contributed by atoms with Crippen molar-refractivity contribution in [3.8, 4) is 11.9 Å². The van der Waals surface area contributed by atoms with Crippen molar-refractivity contribution >= 4 is 17.6 Å². The summed E-state index contributed by atoms with van der Waals surface area (Å²) >= 11 is 0. The minimum atomic E-state index is -4.68. The number of aromatic nitrogens is 2. The minimum Gasteiger partial charge on any atom is -0.395 e. The Labute approximate surface area is 262 Å². The standard InChI is InChI=1S/C33H30F4N6O3/c1-2-42-31-28(26(15-16-41(20-38)17-18-44)40-43(31)25-9-4-3-5-10-25)27(21-11-13-24(34)14-12-21)29(32(42)46)39-30(45)22-7-6-8-23(19-22)33(35,36)37/h3-14,19,27,29,44H,2,15-18H2,1H3,(H,39,45)/t27-,29-/m0/s1. The monoisotopic (exact) mass is 634 g/mol. The van der Waals surface area contributed by atoms with Crippen molar-refractivity contribution in [2.75, 3.05) is 31.1 Å². The van der Waals surface area contributed by atoms with Crippen molar-refractivity contribution in [1.82, 2.24) is 20.0 Å². The predicted molar refractivity (Wildman–Crippen MR) is 161 cm³/mol. The van der Waals surface area contributed by atoms with E-state index in [0.29, 0.717) is 28.3 Å². The fraction of sp³-hybridized carbons (Fsp3) is 0.273. The van der Waals surface area contributed by atoms with Gasteiger partial charge in [0.05, 0.1) is 30.1 Å². The largest absolute Gasteiger partial charge is 0.416 e. The number of rotatable bonds is 10. The number of nitrogens with one attached hydrogen (secondary N) is 1. The van der Waals surface area contributed by atoms with E-state index in [4.69, 9.17) is 5.10 Å². The fourth-order valence-corrected chi connectivity index (χ4v) is 5.67. The van der Waals surface area contributed by atoms with Crippen LogP contribution in [-0.2, 0) is 17.4 Å². The van der Waals surface area contributed by atoms with Crippen LogP contribution in [0.4, 0.5) is 23.4 Å². The highest BCUT2D eigenvalue weighted by Gasteiger charge is 2.46. The Hall–Kier alpha value is -5.22. The Morgan fingerprint density at radius 2 is 1.78 bits per heavy atom. The Bertz CT molecular complexity index is 1750. The molecule has 1 aliphatic heterocycles. The van der Waals surface area contributed by atoms with Crippen molar-refractivity contribution in [2.45, 2.75) is 31.5 Å². The average Bonchev–Trinajstić information content (AvgIpc) is 3.42.